The summed E-state index contributed by atoms with van der Waals surface area (Å²) in [7, 11) is 3.68. The van der Waals surface area contributed by atoms with E-state index in [0.29, 0.717) is 19.5 Å². The smallest absolute Gasteiger partial charge is 0.410 e. The number of aliphatic hydroxyl groups is 1. The van der Waals surface area contributed by atoms with Crippen LogP contribution >= 0.6 is 0 Å². The van der Waals surface area contributed by atoms with Crippen molar-refractivity contribution in [2.45, 2.75) is 149 Å². The standard InChI is InChI=1S/C49H72N6O12/c1-13-37-49(10)41(52-46(60)67-49)30(6)38(56)28(4)27-48(9,66-45(59)50-24-16-18-33-20-22-34(23-21-33)35-19-17-25-51-53-35)42(65-44-39(57)36(54(11)12)26-29(5)62-44)31(7)40(32(8)43(58)63-37)64-47(61)55(14-2)15-3/h16-23,25,28-32,36-37,39-42,44,57H,13-15,24,26-27H2,1-12H3,(H,50,59)(H,52,60)/t28-,29-,30+,31+,32-,36+,37-,39-,40+,41-,42-,44+,48-,49-/m1/s1. The number of aliphatic hydroxyl groups excluding tert-OH is 1. The molecule has 1 aromatic carbocycles. The van der Waals surface area contributed by atoms with Crippen molar-refractivity contribution in [1.82, 2.24) is 30.6 Å². The first kappa shape index (κ1) is 52.8. The predicted octanol–water partition coefficient (Wildman–Crippen LogP) is 6.01. The average molecular weight is 937 g/mol. The Morgan fingerprint density at radius 2 is 1.69 bits per heavy atom. The van der Waals surface area contributed by atoms with Gasteiger partial charge in [-0.15, -0.1) is 0 Å². The van der Waals surface area contributed by atoms with E-state index < -0.39 is 102 Å². The third-order valence-corrected chi connectivity index (χ3v) is 13.7. The van der Waals surface area contributed by atoms with Crippen LogP contribution in [0.1, 0.15) is 94.1 Å². The molecule has 0 radical (unpaired) electrons. The molecule has 0 bridgehead atoms. The van der Waals surface area contributed by atoms with Gasteiger partial charge in [-0.25, -0.2) is 14.4 Å². The number of benzene rings is 1. The lowest BCUT2D eigenvalue weighted by Gasteiger charge is -2.48. The molecular formula is C49H72N6O12. The Morgan fingerprint density at radius 3 is 2.30 bits per heavy atom. The summed E-state index contributed by atoms with van der Waals surface area (Å²) in [5, 5.41) is 25.5. The van der Waals surface area contributed by atoms with Crippen molar-refractivity contribution in [1.29, 1.82) is 0 Å². The van der Waals surface area contributed by atoms with Crippen LogP contribution in [0.2, 0.25) is 0 Å². The summed E-state index contributed by atoms with van der Waals surface area (Å²) in [6.07, 6.45) is -3.08. The molecule has 14 atom stereocenters. The van der Waals surface area contributed by atoms with Crippen molar-refractivity contribution >= 4 is 36.1 Å². The number of ketones is 1. The lowest BCUT2D eigenvalue weighted by atomic mass is 9.73. The van der Waals surface area contributed by atoms with E-state index in [9.17, 15) is 29.1 Å². The summed E-state index contributed by atoms with van der Waals surface area (Å²) in [6.45, 7) is 17.8. The molecular weight excluding hydrogens is 865 g/mol. The van der Waals surface area contributed by atoms with E-state index in [4.69, 9.17) is 28.4 Å². The summed E-state index contributed by atoms with van der Waals surface area (Å²) in [5.41, 5.74) is -0.730. The molecule has 3 fully saturated rings. The second kappa shape index (κ2) is 22.8. The largest absolute Gasteiger partial charge is 0.458 e. The molecule has 0 saturated carbocycles. The van der Waals surface area contributed by atoms with Gasteiger partial charge in [-0.2, -0.15) is 10.2 Å². The summed E-state index contributed by atoms with van der Waals surface area (Å²) in [6, 6.07) is 10.0. The van der Waals surface area contributed by atoms with E-state index in [1.54, 1.807) is 74.6 Å². The Bertz CT molecular complexity index is 2040. The summed E-state index contributed by atoms with van der Waals surface area (Å²) in [5.74, 6) is -4.99. The number of nitrogens with zero attached hydrogens (tertiary/aromatic N) is 4. The number of cyclic esters (lactones) is 1. The molecule has 0 spiro atoms. The Hall–Kier alpha value is -5.17. The molecule has 2 aromatic rings. The topological polar surface area (TPSA) is 217 Å². The van der Waals surface area contributed by atoms with Crippen LogP contribution < -0.4 is 10.6 Å². The number of hydrogen-bond acceptors (Lipinski definition) is 15. The zero-order chi connectivity index (χ0) is 49.4. The average Bonchev–Trinajstić information content (AvgIpc) is 3.61. The van der Waals surface area contributed by atoms with Gasteiger partial charge in [0.05, 0.1) is 23.8 Å². The van der Waals surface area contributed by atoms with E-state index in [1.165, 1.54) is 4.90 Å². The summed E-state index contributed by atoms with van der Waals surface area (Å²) < 4.78 is 38.0. The van der Waals surface area contributed by atoms with Crippen LogP contribution in [0.3, 0.4) is 0 Å². The minimum Gasteiger partial charge on any atom is -0.458 e. The number of fused-ring (bicyclic) bond motifs is 1. The van der Waals surface area contributed by atoms with Gasteiger partial charge in [-0.3, -0.25) is 9.59 Å². The van der Waals surface area contributed by atoms with Gasteiger partial charge in [0.2, 0.25) is 0 Å². The van der Waals surface area contributed by atoms with Gasteiger partial charge < -0.3 is 54.0 Å². The van der Waals surface area contributed by atoms with Gasteiger partial charge in [-0.1, -0.05) is 64.1 Å². The number of nitrogens with one attached hydrogen (secondary N) is 2. The second-order valence-electron chi connectivity index (χ2n) is 18.8. The third-order valence-electron chi connectivity index (χ3n) is 13.7. The van der Waals surface area contributed by atoms with Gasteiger partial charge in [0.25, 0.3) is 0 Å². The van der Waals surface area contributed by atoms with E-state index in [2.05, 4.69) is 20.8 Å². The van der Waals surface area contributed by atoms with Crippen molar-refractivity contribution < 1.29 is 57.5 Å². The number of alkyl carbamates (subject to hydrolysis) is 2. The highest BCUT2D eigenvalue weighted by molar-refractivity contribution is 5.85. The van der Waals surface area contributed by atoms with E-state index in [-0.39, 0.29) is 31.3 Å². The van der Waals surface area contributed by atoms with Crippen molar-refractivity contribution in [3.05, 3.63) is 54.2 Å². The van der Waals surface area contributed by atoms with Gasteiger partial charge >= 0.3 is 24.2 Å². The predicted molar refractivity (Wildman–Crippen MR) is 248 cm³/mol. The van der Waals surface area contributed by atoms with Crippen LogP contribution in [-0.2, 0) is 38.0 Å². The number of amides is 3. The number of carbonyl (C=O) groups excluding carboxylic acids is 5. The molecule has 67 heavy (non-hydrogen) atoms. The fourth-order valence-electron chi connectivity index (χ4n) is 9.91. The molecule has 0 aliphatic carbocycles. The van der Waals surface area contributed by atoms with Gasteiger partial charge in [0.1, 0.15) is 35.8 Å². The van der Waals surface area contributed by atoms with Gasteiger partial charge in [-0.05, 0) is 92.6 Å². The summed E-state index contributed by atoms with van der Waals surface area (Å²) in [4.78, 5) is 73.6. The van der Waals surface area contributed by atoms with Gasteiger partial charge in [0.15, 0.2) is 11.9 Å². The zero-order valence-electron chi connectivity index (χ0n) is 41.1. The van der Waals surface area contributed by atoms with Crippen LogP contribution in [0, 0.1) is 23.7 Å². The maximum Gasteiger partial charge on any atom is 0.410 e. The van der Waals surface area contributed by atoms with Crippen LogP contribution in [0.5, 0.6) is 0 Å². The molecule has 3 saturated heterocycles. The quantitative estimate of drug-likeness (QED) is 0.164. The Morgan fingerprint density at radius 1 is 1.00 bits per heavy atom. The highest BCUT2D eigenvalue weighted by Gasteiger charge is 2.58. The molecule has 370 valence electrons. The third kappa shape index (κ3) is 12.3. The van der Waals surface area contributed by atoms with Crippen molar-refractivity contribution in [3.63, 3.8) is 0 Å². The highest BCUT2D eigenvalue weighted by Crippen LogP contribution is 2.42. The number of ether oxygens (including phenoxy) is 6. The van der Waals surface area contributed by atoms with Gasteiger partial charge in [0, 0.05) is 55.2 Å². The fraction of sp³-hybridized carbons (Fsp3) is 0.653. The first-order chi connectivity index (χ1) is 31.7. The Balaban J connectivity index is 1.58. The molecule has 18 nitrogen and oxygen atoms in total. The normalized spacial score (nSPS) is 34.0. The summed E-state index contributed by atoms with van der Waals surface area (Å²) >= 11 is 0. The minimum absolute atomic E-state index is 0.0471. The maximum atomic E-state index is 14.7. The number of Topliss-reactive ketones (excluding diaryl/α,β-unsaturated/α-hetero) is 1. The fourth-order valence-corrected chi connectivity index (χ4v) is 9.91. The highest BCUT2D eigenvalue weighted by atomic mass is 16.7. The van der Waals surface area contributed by atoms with Crippen molar-refractivity contribution in [3.8, 4) is 11.3 Å². The molecule has 0 unspecified atom stereocenters. The number of rotatable bonds is 12. The number of likely N-dealkylation sites (N-methyl/N-ethyl adjacent to an activating group) is 1. The monoisotopic (exact) mass is 937 g/mol. The number of hydrogen-bond donors (Lipinski definition) is 3. The van der Waals surface area contributed by atoms with E-state index in [0.717, 1.165) is 16.8 Å². The Labute approximate surface area is 394 Å². The minimum atomic E-state index is -1.76. The molecule has 5 rings (SSSR count). The Kier molecular flexibility index (Phi) is 17.9. The molecule has 3 aliphatic rings. The molecule has 3 N–H and O–H groups in total. The van der Waals surface area contributed by atoms with E-state index in [1.807, 2.05) is 68.4 Å². The SMILES string of the molecule is CC[C@H]1OC(=O)[C@H](C)[C@@H](OC(=O)N(CC)CC)[C@H](C)[C@@H](O[C@@H]2O[C@H](C)C[C@H](N(C)C)[C@H]2O)[C@](C)(OC(=O)NCC=Cc2ccc(-c3cccnn3)cc2)C[C@@H](C)C(=O)[C@H](C)[C@H]2NC(=O)O[C@@]21C. The number of esters is 1. The lowest BCUT2D eigenvalue weighted by molar-refractivity contribution is -0.298. The van der Waals surface area contributed by atoms with Crippen LogP contribution in [0.15, 0.2) is 48.7 Å². The maximum absolute atomic E-state index is 14.7. The lowest BCUT2D eigenvalue weighted by Crippen LogP contribution is -2.61. The number of carbonyl (C=O) groups is 5. The molecule has 3 amide bonds. The van der Waals surface area contributed by atoms with Crippen LogP contribution in [-0.4, -0.2) is 149 Å². The van der Waals surface area contributed by atoms with Crippen molar-refractivity contribution in [2.24, 2.45) is 23.7 Å². The molecule has 18 heteroatoms. The van der Waals surface area contributed by atoms with Crippen LogP contribution in [0.4, 0.5) is 14.4 Å². The second-order valence-corrected chi connectivity index (χ2v) is 18.8. The molecule has 1 aromatic heterocycles. The zero-order valence-corrected chi connectivity index (χ0v) is 41.1. The molecule has 3 aliphatic heterocycles. The number of aromatic nitrogens is 2. The molecule has 4 heterocycles. The first-order valence-corrected chi connectivity index (χ1v) is 23.5. The van der Waals surface area contributed by atoms with E-state index >= 15 is 0 Å². The van der Waals surface area contributed by atoms with Crippen molar-refractivity contribution in [2.75, 3.05) is 33.7 Å². The first-order valence-electron chi connectivity index (χ1n) is 23.5. The van der Waals surface area contributed by atoms with Crippen LogP contribution in [0.25, 0.3) is 17.3 Å².